The lowest BCUT2D eigenvalue weighted by Crippen LogP contribution is -1.98. The van der Waals surface area contributed by atoms with Crippen LogP contribution in [0.15, 0.2) is 53.9 Å². The Morgan fingerprint density at radius 3 is 2.74 bits per heavy atom. The van der Waals surface area contributed by atoms with E-state index >= 15 is 0 Å². The van der Waals surface area contributed by atoms with Crippen molar-refractivity contribution in [3.63, 3.8) is 0 Å². The first-order valence-corrected chi connectivity index (χ1v) is 6.99. The molecule has 0 aliphatic heterocycles. The van der Waals surface area contributed by atoms with Gasteiger partial charge in [0.1, 0.15) is 0 Å². The van der Waals surface area contributed by atoms with Crippen LogP contribution in [0.25, 0.3) is 10.1 Å². The predicted octanol–water partition coefficient (Wildman–Crippen LogP) is 4.33. The van der Waals surface area contributed by atoms with Gasteiger partial charge in [0.05, 0.1) is 0 Å². The number of hydrogen-bond acceptors (Lipinski definition) is 3. The summed E-state index contributed by atoms with van der Waals surface area (Å²) >= 11 is 1.60. The third-order valence-corrected chi connectivity index (χ3v) is 4.05. The van der Waals surface area contributed by atoms with Crippen LogP contribution in [0, 0.1) is 0 Å². The summed E-state index contributed by atoms with van der Waals surface area (Å²) in [5, 5.41) is 6.31. The summed E-state index contributed by atoms with van der Waals surface area (Å²) in [6.45, 7) is 0.785. The maximum Gasteiger partial charge on any atom is 0.151 e. The topological polar surface area (TPSA) is 29.1 Å². The zero-order chi connectivity index (χ0) is 13.1. The van der Waals surface area contributed by atoms with Crippen LogP contribution in [0.4, 0.5) is 5.69 Å². The molecule has 0 saturated carbocycles. The lowest BCUT2D eigenvalue weighted by Gasteiger charge is -2.06. The second-order valence-electron chi connectivity index (χ2n) is 4.36. The smallest absolute Gasteiger partial charge is 0.151 e. The zero-order valence-corrected chi connectivity index (χ0v) is 11.1. The summed E-state index contributed by atoms with van der Waals surface area (Å²) in [7, 11) is 0. The van der Waals surface area contributed by atoms with Crippen molar-refractivity contribution in [1.82, 2.24) is 0 Å². The van der Waals surface area contributed by atoms with Gasteiger partial charge in [-0.15, -0.1) is 11.3 Å². The third-order valence-electron chi connectivity index (χ3n) is 3.07. The molecule has 3 rings (SSSR count). The van der Waals surface area contributed by atoms with E-state index in [0.717, 1.165) is 34.2 Å². The van der Waals surface area contributed by atoms with Crippen LogP contribution in [0.5, 0.6) is 0 Å². The van der Waals surface area contributed by atoms with E-state index in [-0.39, 0.29) is 0 Å². The molecular formula is C16H13NOS. The minimum Gasteiger partial charge on any atom is -0.381 e. The van der Waals surface area contributed by atoms with Crippen molar-refractivity contribution in [2.75, 3.05) is 5.32 Å². The Hall–Kier alpha value is -2.13. The van der Waals surface area contributed by atoms with Gasteiger partial charge in [0.15, 0.2) is 6.29 Å². The van der Waals surface area contributed by atoms with Gasteiger partial charge in [0.25, 0.3) is 0 Å². The van der Waals surface area contributed by atoms with E-state index < -0.39 is 0 Å². The number of rotatable bonds is 4. The van der Waals surface area contributed by atoms with Crippen molar-refractivity contribution >= 4 is 33.4 Å². The van der Waals surface area contributed by atoms with Crippen LogP contribution in [0.1, 0.15) is 15.9 Å². The monoisotopic (exact) mass is 267 g/mol. The summed E-state index contributed by atoms with van der Waals surface area (Å²) < 4.78 is 1.15. The lowest BCUT2D eigenvalue weighted by atomic mass is 10.1. The summed E-state index contributed by atoms with van der Waals surface area (Å²) in [5.74, 6) is 0. The first-order chi connectivity index (χ1) is 9.36. The largest absolute Gasteiger partial charge is 0.381 e. The van der Waals surface area contributed by atoms with E-state index in [1.54, 1.807) is 11.3 Å². The highest BCUT2D eigenvalue weighted by Gasteiger charge is 2.04. The first-order valence-electron chi connectivity index (χ1n) is 6.11. The van der Waals surface area contributed by atoms with Crippen molar-refractivity contribution in [2.45, 2.75) is 6.54 Å². The van der Waals surface area contributed by atoms with Crippen LogP contribution >= 0.6 is 11.3 Å². The van der Waals surface area contributed by atoms with Crippen LogP contribution in [0.3, 0.4) is 0 Å². The molecule has 1 heterocycles. The molecule has 3 heteroatoms. The van der Waals surface area contributed by atoms with Gasteiger partial charge in [0.2, 0.25) is 0 Å². The van der Waals surface area contributed by atoms with E-state index in [4.69, 9.17) is 0 Å². The van der Waals surface area contributed by atoms with Crippen LogP contribution in [-0.4, -0.2) is 6.29 Å². The number of nitrogens with one attached hydrogen (secondary N) is 1. The van der Waals surface area contributed by atoms with Gasteiger partial charge in [0, 0.05) is 33.3 Å². The standard InChI is InChI=1S/C16H13NOS/c18-10-13-11-19-16-7-6-14(8-15(13)16)17-9-12-4-2-1-3-5-12/h1-8,10-11,17H,9H2. The molecule has 0 aliphatic rings. The SMILES string of the molecule is O=Cc1csc2ccc(NCc3ccccc3)cc12. The molecule has 2 aromatic carbocycles. The molecule has 0 amide bonds. The Labute approximate surface area is 115 Å². The number of carbonyl (C=O) groups excluding carboxylic acids is 1. The highest BCUT2D eigenvalue weighted by atomic mass is 32.1. The molecule has 0 aliphatic carbocycles. The van der Waals surface area contributed by atoms with E-state index in [1.165, 1.54) is 5.56 Å². The molecule has 0 fully saturated rings. The molecule has 94 valence electrons. The maximum absolute atomic E-state index is 11.0. The Morgan fingerprint density at radius 2 is 1.95 bits per heavy atom. The summed E-state index contributed by atoms with van der Waals surface area (Å²) in [6.07, 6.45) is 0.916. The molecule has 0 radical (unpaired) electrons. The predicted molar refractivity (Wildman–Crippen MR) is 81.0 cm³/mol. The van der Waals surface area contributed by atoms with Crippen molar-refractivity contribution < 1.29 is 4.79 Å². The molecule has 0 bridgehead atoms. The molecule has 2 nitrogen and oxygen atoms in total. The Balaban J connectivity index is 1.83. The van der Waals surface area contributed by atoms with Crippen molar-refractivity contribution in [2.24, 2.45) is 0 Å². The van der Waals surface area contributed by atoms with Crippen LogP contribution in [0.2, 0.25) is 0 Å². The highest BCUT2D eigenvalue weighted by Crippen LogP contribution is 2.27. The average molecular weight is 267 g/mol. The van der Waals surface area contributed by atoms with Crippen molar-refractivity contribution in [3.05, 3.63) is 65.0 Å². The Kier molecular flexibility index (Phi) is 3.29. The number of anilines is 1. The summed E-state index contributed by atoms with van der Waals surface area (Å²) in [4.78, 5) is 11.0. The fourth-order valence-corrected chi connectivity index (χ4v) is 2.94. The fraction of sp³-hybridized carbons (Fsp3) is 0.0625. The van der Waals surface area contributed by atoms with Crippen LogP contribution in [-0.2, 0) is 6.54 Å². The summed E-state index contributed by atoms with van der Waals surface area (Å²) in [5.41, 5.74) is 3.05. The Morgan fingerprint density at radius 1 is 1.11 bits per heavy atom. The van der Waals surface area contributed by atoms with Gasteiger partial charge in [-0.3, -0.25) is 4.79 Å². The normalized spacial score (nSPS) is 10.5. The van der Waals surface area contributed by atoms with Gasteiger partial charge in [-0.1, -0.05) is 30.3 Å². The number of carbonyl (C=O) groups is 1. The third kappa shape index (κ3) is 2.51. The average Bonchev–Trinajstić information content (AvgIpc) is 2.88. The number of aldehydes is 1. The minimum atomic E-state index is 0.767. The van der Waals surface area contributed by atoms with Crippen molar-refractivity contribution in [3.8, 4) is 0 Å². The molecule has 0 spiro atoms. The zero-order valence-electron chi connectivity index (χ0n) is 10.3. The highest BCUT2D eigenvalue weighted by molar-refractivity contribution is 7.17. The fourth-order valence-electron chi connectivity index (χ4n) is 2.05. The van der Waals surface area contributed by atoms with Crippen molar-refractivity contribution in [1.29, 1.82) is 0 Å². The molecular weight excluding hydrogens is 254 g/mol. The lowest BCUT2D eigenvalue weighted by molar-refractivity contribution is 0.112. The molecule has 19 heavy (non-hydrogen) atoms. The summed E-state index contributed by atoms with van der Waals surface area (Å²) in [6, 6.07) is 16.4. The second kappa shape index (κ2) is 5.24. The van der Waals surface area contributed by atoms with Gasteiger partial charge in [-0.2, -0.15) is 0 Å². The second-order valence-corrected chi connectivity index (χ2v) is 5.27. The molecule has 1 aromatic heterocycles. The van der Waals surface area contributed by atoms with E-state index in [9.17, 15) is 4.79 Å². The van der Waals surface area contributed by atoms with Gasteiger partial charge in [-0.25, -0.2) is 0 Å². The number of thiophene rings is 1. The van der Waals surface area contributed by atoms with Gasteiger partial charge < -0.3 is 5.32 Å². The van der Waals surface area contributed by atoms with Gasteiger partial charge in [-0.05, 0) is 23.8 Å². The minimum absolute atomic E-state index is 0.767. The molecule has 0 saturated heterocycles. The molecule has 3 aromatic rings. The number of fused-ring (bicyclic) bond motifs is 1. The first kappa shape index (κ1) is 11.9. The quantitative estimate of drug-likeness (QED) is 0.713. The maximum atomic E-state index is 11.0. The van der Waals surface area contributed by atoms with Gasteiger partial charge >= 0.3 is 0 Å². The number of benzene rings is 2. The van der Waals surface area contributed by atoms with E-state index in [1.807, 2.05) is 29.6 Å². The van der Waals surface area contributed by atoms with E-state index in [0.29, 0.717) is 0 Å². The Bertz CT molecular complexity index is 703. The molecule has 1 N–H and O–H groups in total. The number of hydrogen-bond donors (Lipinski definition) is 1. The van der Waals surface area contributed by atoms with Crippen LogP contribution < -0.4 is 5.32 Å². The molecule has 0 unspecified atom stereocenters. The van der Waals surface area contributed by atoms with E-state index in [2.05, 4.69) is 29.6 Å². The molecule has 0 atom stereocenters.